The van der Waals surface area contributed by atoms with E-state index < -0.39 is 23.6 Å². The predicted molar refractivity (Wildman–Crippen MR) is 82.9 cm³/mol. The molecule has 1 aromatic carbocycles. The molecule has 0 saturated carbocycles. The van der Waals surface area contributed by atoms with Crippen LogP contribution in [0.1, 0.15) is 19.4 Å². The number of alkyl halides is 3. The smallest absolute Gasteiger partial charge is 0.393 e. The van der Waals surface area contributed by atoms with E-state index in [2.05, 4.69) is 21.2 Å². The molecule has 21 heavy (non-hydrogen) atoms. The summed E-state index contributed by atoms with van der Waals surface area (Å²) in [5, 5.41) is 2.42. The molecule has 1 aromatic rings. The minimum absolute atomic E-state index is 0.00987. The first kappa shape index (κ1) is 17.9. The van der Waals surface area contributed by atoms with Crippen molar-refractivity contribution in [1.29, 1.82) is 0 Å². The van der Waals surface area contributed by atoms with Crippen molar-refractivity contribution < 1.29 is 18.0 Å². The lowest BCUT2D eigenvalue weighted by Gasteiger charge is -2.19. The highest BCUT2D eigenvalue weighted by Crippen LogP contribution is 2.36. The summed E-state index contributed by atoms with van der Waals surface area (Å²) in [6.45, 7) is 3.51. The van der Waals surface area contributed by atoms with Gasteiger partial charge in [0.2, 0.25) is 5.91 Å². The van der Waals surface area contributed by atoms with Crippen molar-refractivity contribution >= 4 is 44.7 Å². The van der Waals surface area contributed by atoms with Crippen LogP contribution in [0.5, 0.6) is 0 Å². The van der Waals surface area contributed by atoms with Crippen LogP contribution in [0.2, 0.25) is 0 Å². The second-order valence-electron chi connectivity index (χ2n) is 4.81. The Balaban J connectivity index is 3.04. The molecule has 0 heterocycles. The Morgan fingerprint density at radius 3 is 2.38 bits per heavy atom. The van der Waals surface area contributed by atoms with E-state index in [0.717, 1.165) is 6.07 Å². The Labute approximate surface area is 134 Å². The summed E-state index contributed by atoms with van der Waals surface area (Å²) in [7, 11) is 0. The molecule has 0 aliphatic carbocycles. The van der Waals surface area contributed by atoms with Crippen LogP contribution in [-0.4, -0.2) is 10.9 Å². The third-order valence-corrected chi connectivity index (χ3v) is 3.74. The molecule has 1 unspecified atom stereocenters. The van der Waals surface area contributed by atoms with Crippen LogP contribution in [0, 0.1) is 11.8 Å². The molecule has 3 N–H and O–H groups in total. The molecule has 116 valence electrons. The fraction of sp³-hybridized carbons (Fsp3) is 0.385. The van der Waals surface area contributed by atoms with Gasteiger partial charge < -0.3 is 11.1 Å². The molecule has 0 aliphatic rings. The topological polar surface area (TPSA) is 55.1 Å². The van der Waals surface area contributed by atoms with Crippen LogP contribution in [0.3, 0.4) is 0 Å². The maximum Gasteiger partial charge on any atom is 0.417 e. The molecular weight excluding hydrogens is 369 g/mol. The summed E-state index contributed by atoms with van der Waals surface area (Å²) in [6.07, 6.45) is -4.51. The number of hydrogen-bond donors (Lipinski definition) is 2. The lowest BCUT2D eigenvalue weighted by atomic mass is 9.95. The Bertz CT molecular complexity index is 561. The fourth-order valence-corrected chi connectivity index (χ4v) is 2.65. The van der Waals surface area contributed by atoms with Crippen LogP contribution < -0.4 is 11.1 Å². The molecule has 1 rings (SSSR count). The van der Waals surface area contributed by atoms with Gasteiger partial charge in [0.1, 0.15) is 0 Å². The average molecular weight is 383 g/mol. The number of halogens is 4. The van der Waals surface area contributed by atoms with Gasteiger partial charge in [-0.1, -0.05) is 42.0 Å². The average Bonchev–Trinajstić information content (AvgIpc) is 2.29. The minimum Gasteiger partial charge on any atom is -0.393 e. The summed E-state index contributed by atoms with van der Waals surface area (Å²) in [6, 6.07) is 3.46. The van der Waals surface area contributed by atoms with Gasteiger partial charge in [-0.15, -0.1) is 0 Å². The van der Waals surface area contributed by atoms with Gasteiger partial charge in [0.05, 0.1) is 16.5 Å². The number of carbonyl (C=O) groups excluding carboxylic acids is 1. The standard InChI is InChI=1S/C13H14BrF3N2OS/c1-6(2)10(11(18)21)12(20)19-7-3-4-9(14)8(5-7)13(15,16)17/h3-6,10H,1-2H3,(H2,18,21)(H,19,20). The second kappa shape index (κ2) is 6.74. The van der Waals surface area contributed by atoms with Gasteiger partial charge >= 0.3 is 6.18 Å². The Hall–Kier alpha value is -1.15. The normalized spacial score (nSPS) is 13.1. The highest BCUT2D eigenvalue weighted by molar-refractivity contribution is 9.10. The van der Waals surface area contributed by atoms with Crippen molar-refractivity contribution in [2.24, 2.45) is 17.6 Å². The number of rotatable bonds is 4. The summed E-state index contributed by atoms with van der Waals surface area (Å²) >= 11 is 7.66. The van der Waals surface area contributed by atoms with E-state index >= 15 is 0 Å². The SMILES string of the molecule is CC(C)C(C(=O)Nc1ccc(Br)c(C(F)(F)F)c1)C(N)=S. The number of nitrogens with one attached hydrogen (secondary N) is 1. The summed E-state index contributed by atoms with van der Waals surface area (Å²) in [5.74, 6) is -1.41. The number of thiocarbonyl (C=S) groups is 1. The van der Waals surface area contributed by atoms with E-state index in [1.165, 1.54) is 12.1 Å². The van der Waals surface area contributed by atoms with Crippen LogP contribution in [-0.2, 0) is 11.0 Å². The number of nitrogens with two attached hydrogens (primary N) is 1. The molecule has 0 spiro atoms. The molecule has 0 bridgehead atoms. The lowest BCUT2D eigenvalue weighted by molar-refractivity contribution is -0.138. The Morgan fingerprint density at radius 2 is 1.95 bits per heavy atom. The zero-order valence-corrected chi connectivity index (χ0v) is 13.7. The number of hydrogen-bond acceptors (Lipinski definition) is 2. The zero-order valence-electron chi connectivity index (χ0n) is 11.3. The predicted octanol–water partition coefficient (Wildman–Crippen LogP) is 3.96. The van der Waals surface area contributed by atoms with Crippen molar-refractivity contribution in [3.05, 3.63) is 28.2 Å². The van der Waals surface area contributed by atoms with E-state index in [9.17, 15) is 18.0 Å². The molecule has 0 aromatic heterocycles. The molecular formula is C13H14BrF3N2OS. The van der Waals surface area contributed by atoms with Gasteiger partial charge in [-0.2, -0.15) is 13.2 Å². The van der Waals surface area contributed by atoms with Crippen LogP contribution in [0.15, 0.2) is 22.7 Å². The maximum atomic E-state index is 12.8. The third-order valence-electron chi connectivity index (χ3n) is 2.79. The molecule has 1 amide bonds. The highest BCUT2D eigenvalue weighted by Gasteiger charge is 2.33. The van der Waals surface area contributed by atoms with Crippen molar-refractivity contribution in [2.75, 3.05) is 5.32 Å². The second-order valence-corrected chi connectivity index (χ2v) is 6.13. The van der Waals surface area contributed by atoms with Crippen molar-refractivity contribution in [3.8, 4) is 0 Å². The summed E-state index contributed by atoms with van der Waals surface area (Å²) in [4.78, 5) is 12.1. The molecule has 0 aliphatic heterocycles. The largest absolute Gasteiger partial charge is 0.417 e. The van der Waals surface area contributed by atoms with Gasteiger partial charge in [0.25, 0.3) is 0 Å². The van der Waals surface area contributed by atoms with Gasteiger partial charge in [-0.05, 0) is 24.1 Å². The van der Waals surface area contributed by atoms with E-state index in [-0.39, 0.29) is 21.1 Å². The van der Waals surface area contributed by atoms with Gasteiger partial charge in [-0.25, -0.2) is 0 Å². The molecule has 1 atom stereocenters. The van der Waals surface area contributed by atoms with Crippen molar-refractivity contribution in [2.45, 2.75) is 20.0 Å². The fourth-order valence-electron chi connectivity index (χ4n) is 1.80. The highest BCUT2D eigenvalue weighted by atomic mass is 79.9. The Kier molecular flexibility index (Phi) is 5.75. The van der Waals surface area contributed by atoms with Gasteiger partial charge in [0, 0.05) is 10.2 Å². The molecule has 3 nitrogen and oxygen atoms in total. The summed E-state index contributed by atoms with van der Waals surface area (Å²) in [5.41, 5.74) is 4.67. The first-order chi connectivity index (χ1) is 9.54. The number of amides is 1. The first-order valence-electron chi connectivity index (χ1n) is 6.01. The quantitative estimate of drug-likeness (QED) is 0.774. The van der Waals surface area contributed by atoms with Crippen molar-refractivity contribution in [3.63, 3.8) is 0 Å². The Morgan fingerprint density at radius 1 is 1.38 bits per heavy atom. The third kappa shape index (κ3) is 4.67. The van der Waals surface area contributed by atoms with Crippen LogP contribution >= 0.6 is 28.1 Å². The molecule has 8 heteroatoms. The number of benzene rings is 1. The van der Waals surface area contributed by atoms with Crippen LogP contribution in [0.4, 0.5) is 18.9 Å². The lowest BCUT2D eigenvalue weighted by Crippen LogP contribution is -2.36. The van der Waals surface area contributed by atoms with E-state index in [4.69, 9.17) is 18.0 Å². The van der Waals surface area contributed by atoms with Gasteiger partial charge in [-0.3, -0.25) is 4.79 Å². The van der Waals surface area contributed by atoms with E-state index in [1.807, 2.05) is 0 Å². The zero-order chi connectivity index (χ0) is 16.4. The van der Waals surface area contributed by atoms with E-state index in [1.54, 1.807) is 13.8 Å². The summed E-state index contributed by atoms with van der Waals surface area (Å²) < 4.78 is 38.3. The molecule has 0 fully saturated rings. The van der Waals surface area contributed by atoms with E-state index in [0.29, 0.717) is 0 Å². The van der Waals surface area contributed by atoms with Gasteiger partial charge in [0.15, 0.2) is 0 Å². The van der Waals surface area contributed by atoms with Crippen molar-refractivity contribution in [1.82, 2.24) is 0 Å². The maximum absolute atomic E-state index is 12.8. The first-order valence-corrected chi connectivity index (χ1v) is 7.21. The molecule has 0 radical (unpaired) electrons. The number of anilines is 1. The molecule has 0 saturated heterocycles. The number of carbonyl (C=O) groups is 1. The van der Waals surface area contributed by atoms with Crippen LogP contribution in [0.25, 0.3) is 0 Å². The minimum atomic E-state index is -4.51. The monoisotopic (exact) mass is 382 g/mol.